The third-order valence-corrected chi connectivity index (χ3v) is 7.17. The number of hydrogen-bond donors (Lipinski definition) is 1. The van der Waals surface area contributed by atoms with E-state index in [4.69, 9.17) is 4.74 Å². The van der Waals surface area contributed by atoms with Crippen molar-refractivity contribution >= 4 is 23.1 Å². The molecule has 1 aromatic carbocycles. The molecular weight excluding hydrogens is 396 g/mol. The summed E-state index contributed by atoms with van der Waals surface area (Å²) < 4.78 is 7.97. The summed E-state index contributed by atoms with van der Waals surface area (Å²) in [6, 6.07) is 7.18. The SMILES string of the molecule is CC(N1CC2(CCCC(Cn3cnc4ccc(C#N)cc43)C2)OC1=O)C(C)(C)C(=O)O. The molecule has 1 N–H and O–H groups in total. The van der Waals surface area contributed by atoms with Crippen LogP contribution in [0.2, 0.25) is 0 Å². The lowest BCUT2D eigenvalue weighted by atomic mass is 9.77. The van der Waals surface area contributed by atoms with Crippen molar-refractivity contribution in [1.82, 2.24) is 14.5 Å². The Morgan fingerprint density at radius 3 is 2.97 bits per heavy atom. The van der Waals surface area contributed by atoms with Gasteiger partial charge in [-0.2, -0.15) is 5.26 Å². The number of rotatable bonds is 5. The predicted octanol–water partition coefficient (Wildman–Crippen LogP) is 3.79. The lowest BCUT2D eigenvalue weighted by Crippen LogP contribution is -2.49. The third kappa shape index (κ3) is 3.73. The minimum Gasteiger partial charge on any atom is -0.481 e. The summed E-state index contributed by atoms with van der Waals surface area (Å²) in [7, 11) is 0. The number of amides is 1. The number of aromatic nitrogens is 2. The molecule has 1 aromatic heterocycles. The summed E-state index contributed by atoms with van der Waals surface area (Å²) in [6.45, 7) is 6.21. The van der Waals surface area contributed by atoms with Gasteiger partial charge in [0, 0.05) is 12.6 Å². The quantitative estimate of drug-likeness (QED) is 0.782. The van der Waals surface area contributed by atoms with Gasteiger partial charge in [-0.1, -0.05) is 0 Å². The van der Waals surface area contributed by atoms with Gasteiger partial charge in [-0.05, 0) is 70.6 Å². The van der Waals surface area contributed by atoms with Crippen LogP contribution in [0.1, 0.15) is 52.0 Å². The Bertz CT molecular complexity index is 1070. The molecule has 1 saturated heterocycles. The van der Waals surface area contributed by atoms with E-state index in [2.05, 4.69) is 15.6 Å². The molecule has 8 nitrogen and oxygen atoms in total. The monoisotopic (exact) mass is 424 g/mol. The van der Waals surface area contributed by atoms with Gasteiger partial charge in [-0.15, -0.1) is 0 Å². The Labute approximate surface area is 181 Å². The summed E-state index contributed by atoms with van der Waals surface area (Å²) in [5.74, 6) is -0.633. The number of ether oxygens (including phenoxy) is 1. The average molecular weight is 425 g/mol. The zero-order chi connectivity index (χ0) is 22.4. The van der Waals surface area contributed by atoms with Crippen LogP contribution in [-0.4, -0.2) is 49.8 Å². The van der Waals surface area contributed by atoms with Gasteiger partial charge >= 0.3 is 12.1 Å². The Hall–Kier alpha value is -3.08. The van der Waals surface area contributed by atoms with E-state index in [1.165, 1.54) is 0 Å². The van der Waals surface area contributed by atoms with Crippen LogP contribution in [0.4, 0.5) is 4.79 Å². The van der Waals surface area contributed by atoms with Crippen molar-refractivity contribution in [2.75, 3.05) is 6.54 Å². The van der Waals surface area contributed by atoms with E-state index < -0.39 is 29.1 Å². The lowest BCUT2D eigenvalue weighted by Gasteiger charge is -2.37. The molecule has 1 amide bonds. The number of imidazole rings is 1. The zero-order valence-corrected chi connectivity index (χ0v) is 18.2. The van der Waals surface area contributed by atoms with E-state index in [9.17, 15) is 20.0 Å². The molecule has 2 heterocycles. The molecule has 3 atom stereocenters. The predicted molar refractivity (Wildman–Crippen MR) is 113 cm³/mol. The molecule has 1 aliphatic heterocycles. The second-order valence-corrected chi connectivity index (χ2v) is 9.56. The van der Waals surface area contributed by atoms with Crippen LogP contribution in [-0.2, 0) is 16.1 Å². The van der Waals surface area contributed by atoms with E-state index in [0.717, 1.165) is 43.3 Å². The van der Waals surface area contributed by atoms with E-state index in [-0.39, 0.29) is 0 Å². The van der Waals surface area contributed by atoms with Crippen molar-refractivity contribution in [3.8, 4) is 6.07 Å². The number of aliphatic carboxylic acids is 1. The number of carboxylic acids is 1. The first-order valence-corrected chi connectivity index (χ1v) is 10.7. The van der Waals surface area contributed by atoms with Crippen molar-refractivity contribution in [2.24, 2.45) is 11.3 Å². The van der Waals surface area contributed by atoms with E-state index >= 15 is 0 Å². The summed E-state index contributed by atoms with van der Waals surface area (Å²) in [5, 5.41) is 18.8. The van der Waals surface area contributed by atoms with Crippen LogP contribution < -0.4 is 0 Å². The van der Waals surface area contributed by atoms with Gasteiger partial charge in [-0.25, -0.2) is 9.78 Å². The van der Waals surface area contributed by atoms with Gasteiger partial charge in [0.1, 0.15) is 5.60 Å². The number of benzene rings is 1. The molecule has 0 bridgehead atoms. The zero-order valence-electron chi connectivity index (χ0n) is 18.2. The standard InChI is InChI=1S/C23H28N4O4/c1-15(22(2,3)20(28)29)27-13-23(31-21(27)30)8-4-5-17(10-23)12-26-14-25-18-7-6-16(11-24)9-19(18)26/h6-7,9,14-15,17H,4-5,8,10,12-13H2,1-3H3,(H,28,29). The first-order valence-electron chi connectivity index (χ1n) is 10.7. The maximum atomic E-state index is 12.7. The molecule has 2 aromatic rings. The fourth-order valence-electron chi connectivity index (χ4n) is 4.90. The average Bonchev–Trinajstić information content (AvgIpc) is 3.27. The van der Waals surface area contributed by atoms with Gasteiger partial charge in [0.25, 0.3) is 0 Å². The van der Waals surface area contributed by atoms with Crippen LogP contribution in [0, 0.1) is 22.7 Å². The smallest absolute Gasteiger partial charge is 0.410 e. The molecule has 31 heavy (non-hydrogen) atoms. The normalized spacial score (nSPS) is 24.9. The lowest BCUT2D eigenvalue weighted by molar-refractivity contribution is -0.149. The molecule has 1 saturated carbocycles. The number of carboxylic acid groups (broad SMARTS) is 1. The maximum Gasteiger partial charge on any atom is 0.410 e. The molecule has 164 valence electrons. The molecule has 1 spiro atoms. The van der Waals surface area contributed by atoms with E-state index in [1.807, 2.05) is 12.1 Å². The number of hydrogen-bond acceptors (Lipinski definition) is 5. The van der Waals surface area contributed by atoms with Crippen LogP contribution in [0.3, 0.4) is 0 Å². The summed E-state index contributed by atoms with van der Waals surface area (Å²) in [5.41, 5.74) is 0.752. The minimum atomic E-state index is -1.06. The van der Waals surface area contributed by atoms with Gasteiger partial charge in [0.15, 0.2) is 0 Å². The fourth-order valence-corrected chi connectivity index (χ4v) is 4.90. The van der Waals surface area contributed by atoms with Crippen molar-refractivity contribution in [3.05, 3.63) is 30.1 Å². The van der Waals surface area contributed by atoms with Gasteiger partial charge < -0.3 is 19.3 Å². The number of nitriles is 1. The largest absolute Gasteiger partial charge is 0.481 e. The second kappa shape index (κ2) is 7.56. The van der Waals surface area contributed by atoms with Crippen molar-refractivity contribution in [3.63, 3.8) is 0 Å². The topological polar surface area (TPSA) is 108 Å². The van der Waals surface area contributed by atoms with Crippen molar-refractivity contribution in [2.45, 2.75) is 64.6 Å². The molecule has 1 aliphatic carbocycles. The summed E-state index contributed by atoms with van der Waals surface area (Å²) >= 11 is 0. The van der Waals surface area contributed by atoms with Crippen LogP contribution in [0.5, 0.6) is 0 Å². The molecule has 4 rings (SSSR count). The van der Waals surface area contributed by atoms with Crippen LogP contribution in [0.25, 0.3) is 11.0 Å². The minimum absolute atomic E-state index is 0.299. The highest BCUT2D eigenvalue weighted by Crippen LogP contribution is 2.42. The summed E-state index contributed by atoms with van der Waals surface area (Å²) in [6.07, 6.45) is 4.86. The number of nitrogens with zero attached hydrogens (tertiary/aromatic N) is 4. The van der Waals surface area contributed by atoms with Crippen molar-refractivity contribution < 1.29 is 19.4 Å². The molecule has 2 aliphatic rings. The van der Waals surface area contributed by atoms with E-state index in [0.29, 0.717) is 18.0 Å². The number of fused-ring (bicyclic) bond motifs is 1. The number of carbonyl (C=O) groups excluding carboxylic acids is 1. The molecule has 3 unspecified atom stereocenters. The first-order chi connectivity index (χ1) is 14.6. The molecular formula is C23H28N4O4. The fraction of sp³-hybridized carbons (Fsp3) is 0.565. The molecule has 8 heteroatoms. The number of carbonyl (C=O) groups is 2. The molecule has 0 radical (unpaired) electrons. The Balaban J connectivity index is 1.51. The van der Waals surface area contributed by atoms with Gasteiger partial charge in [0.2, 0.25) is 0 Å². The third-order valence-electron chi connectivity index (χ3n) is 7.17. The van der Waals surface area contributed by atoms with Crippen molar-refractivity contribution in [1.29, 1.82) is 5.26 Å². The maximum absolute atomic E-state index is 12.7. The Morgan fingerprint density at radius 1 is 1.48 bits per heavy atom. The highest BCUT2D eigenvalue weighted by molar-refractivity contribution is 5.78. The van der Waals surface area contributed by atoms with E-state index in [1.54, 1.807) is 38.1 Å². The van der Waals surface area contributed by atoms with Gasteiger partial charge in [-0.3, -0.25) is 4.79 Å². The van der Waals surface area contributed by atoms with Gasteiger partial charge in [0.05, 0.1) is 41.0 Å². The van der Waals surface area contributed by atoms with Crippen LogP contribution >= 0.6 is 0 Å². The Morgan fingerprint density at radius 2 is 2.26 bits per heavy atom. The second-order valence-electron chi connectivity index (χ2n) is 9.56. The summed E-state index contributed by atoms with van der Waals surface area (Å²) in [4.78, 5) is 30.4. The highest BCUT2D eigenvalue weighted by atomic mass is 16.6. The molecule has 2 fully saturated rings. The van der Waals surface area contributed by atoms with Crippen LogP contribution in [0.15, 0.2) is 24.5 Å². The Kier molecular flexibility index (Phi) is 5.16. The highest BCUT2D eigenvalue weighted by Gasteiger charge is 2.52. The first kappa shape index (κ1) is 21.2.